The Morgan fingerprint density at radius 2 is 2.11 bits per heavy atom. The molecule has 0 spiro atoms. The summed E-state index contributed by atoms with van der Waals surface area (Å²) in [6, 6.07) is 7.67. The lowest BCUT2D eigenvalue weighted by molar-refractivity contribution is 0.215. The van der Waals surface area contributed by atoms with Crippen molar-refractivity contribution >= 4 is 28.3 Å². The van der Waals surface area contributed by atoms with Gasteiger partial charge in [-0.15, -0.1) is 12.4 Å². The first-order chi connectivity index (χ1) is 8.29. The fraction of sp³-hybridized carbons (Fsp3) is 0.462. The molecule has 0 aromatic heterocycles. The first kappa shape index (κ1) is 15.3. The predicted octanol–water partition coefficient (Wildman–Crippen LogP) is 3.12. The van der Waals surface area contributed by atoms with Crippen molar-refractivity contribution in [1.82, 2.24) is 5.32 Å². The zero-order valence-electron chi connectivity index (χ0n) is 9.99. The Morgan fingerprint density at radius 1 is 1.39 bits per heavy atom. The van der Waals surface area contributed by atoms with Crippen molar-refractivity contribution in [2.75, 3.05) is 19.7 Å². The SMILES string of the molecule is Cl.N#Cc1cc(OCC2CCNCC2)ccc1Br. The van der Waals surface area contributed by atoms with Crippen LogP contribution >= 0.6 is 28.3 Å². The molecule has 1 N–H and O–H groups in total. The second-order valence-corrected chi connectivity index (χ2v) is 5.11. The molecule has 0 amide bonds. The first-order valence-corrected chi connectivity index (χ1v) is 6.62. The van der Waals surface area contributed by atoms with Crippen LogP contribution in [0.15, 0.2) is 22.7 Å². The quantitative estimate of drug-likeness (QED) is 0.925. The molecule has 0 unspecified atom stereocenters. The summed E-state index contributed by atoms with van der Waals surface area (Å²) in [5, 5.41) is 12.2. The minimum Gasteiger partial charge on any atom is -0.493 e. The maximum Gasteiger partial charge on any atom is 0.120 e. The Morgan fingerprint density at radius 3 is 2.78 bits per heavy atom. The van der Waals surface area contributed by atoms with Gasteiger partial charge in [0.25, 0.3) is 0 Å². The van der Waals surface area contributed by atoms with Gasteiger partial charge in [0.1, 0.15) is 11.8 Å². The summed E-state index contributed by atoms with van der Waals surface area (Å²) in [6.07, 6.45) is 2.34. The van der Waals surface area contributed by atoms with E-state index in [9.17, 15) is 0 Å². The van der Waals surface area contributed by atoms with Gasteiger partial charge in [0.2, 0.25) is 0 Å². The fourth-order valence-corrected chi connectivity index (χ4v) is 2.28. The minimum absolute atomic E-state index is 0. The van der Waals surface area contributed by atoms with E-state index >= 15 is 0 Å². The van der Waals surface area contributed by atoms with E-state index in [-0.39, 0.29) is 12.4 Å². The second-order valence-electron chi connectivity index (χ2n) is 4.26. The fourth-order valence-electron chi connectivity index (χ4n) is 1.94. The number of nitrogens with zero attached hydrogens (tertiary/aromatic N) is 1. The van der Waals surface area contributed by atoms with Crippen molar-refractivity contribution in [2.24, 2.45) is 5.92 Å². The molecule has 98 valence electrons. The van der Waals surface area contributed by atoms with Gasteiger partial charge in [0.15, 0.2) is 0 Å². The van der Waals surface area contributed by atoms with E-state index in [0.717, 1.165) is 29.9 Å². The molecule has 2 rings (SSSR count). The highest BCUT2D eigenvalue weighted by Crippen LogP contribution is 2.23. The highest BCUT2D eigenvalue weighted by atomic mass is 79.9. The average molecular weight is 332 g/mol. The van der Waals surface area contributed by atoms with E-state index in [1.165, 1.54) is 12.8 Å². The van der Waals surface area contributed by atoms with Crippen molar-refractivity contribution in [3.8, 4) is 11.8 Å². The summed E-state index contributed by atoms with van der Waals surface area (Å²) in [7, 11) is 0. The van der Waals surface area contributed by atoms with E-state index in [0.29, 0.717) is 11.5 Å². The summed E-state index contributed by atoms with van der Waals surface area (Å²) in [4.78, 5) is 0. The summed E-state index contributed by atoms with van der Waals surface area (Å²) < 4.78 is 6.56. The van der Waals surface area contributed by atoms with Crippen LogP contribution in [0.3, 0.4) is 0 Å². The number of hydrogen-bond donors (Lipinski definition) is 1. The highest BCUT2D eigenvalue weighted by molar-refractivity contribution is 9.10. The Balaban J connectivity index is 0.00000162. The van der Waals surface area contributed by atoms with Crippen molar-refractivity contribution in [3.05, 3.63) is 28.2 Å². The van der Waals surface area contributed by atoms with Crippen molar-refractivity contribution in [2.45, 2.75) is 12.8 Å². The topological polar surface area (TPSA) is 45.0 Å². The maximum atomic E-state index is 8.92. The standard InChI is InChI=1S/C13H15BrN2O.ClH/c14-13-2-1-12(7-11(13)8-15)17-9-10-3-5-16-6-4-10;/h1-2,7,10,16H,3-6,9H2;1H. The zero-order valence-corrected chi connectivity index (χ0v) is 12.4. The predicted molar refractivity (Wildman–Crippen MR) is 77.2 cm³/mol. The van der Waals surface area contributed by atoms with Crippen molar-refractivity contribution in [3.63, 3.8) is 0 Å². The largest absolute Gasteiger partial charge is 0.493 e. The van der Waals surface area contributed by atoms with Crippen LogP contribution < -0.4 is 10.1 Å². The number of benzene rings is 1. The number of rotatable bonds is 3. The summed E-state index contributed by atoms with van der Waals surface area (Å²) in [5.41, 5.74) is 0.618. The Labute approximate surface area is 122 Å². The first-order valence-electron chi connectivity index (χ1n) is 5.83. The van der Waals surface area contributed by atoms with Crippen LogP contribution in [0.4, 0.5) is 0 Å². The number of ether oxygens (including phenoxy) is 1. The van der Waals surface area contributed by atoms with Crippen LogP contribution in [0, 0.1) is 17.2 Å². The van der Waals surface area contributed by atoms with E-state index in [2.05, 4.69) is 27.3 Å². The van der Waals surface area contributed by atoms with Crippen LogP contribution in [0.1, 0.15) is 18.4 Å². The van der Waals surface area contributed by atoms with E-state index in [1.54, 1.807) is 6.07 Å². The third-order valence-corrected chi connectivity index (χ3v) is 3.69. The third kappa shape index (κ3) is 4.16. The van der Waals surface area contributed by atoms with Crippen LogP contribution in [0.25, 0.3) is 0 Å². The van der Waals surface area contributed by atoms with Gasteiger partial charge in [-0.3, -0.25) is 0 Å². The Hall–Kier alpha value is -0.760. The lowest BCUT2D eigenvalue weighted by atomic mass is 9.99. The van der Waals surface area contributed by atoms with Gasteiger partial charge in [0.05, 0.1) is 12.2 Å². The van der Waals surface area contributed by atoms with Gasteiger partial charge < -0.3 is 10.1 Å². The van der Waals surface area contributed by atoms with Gasteiger partial charge in [-0.1, -0.05) is 0 Å². The lowest BCUT2D eigenvalue weighted by Gasteiger charge is -2.22. The number of halogens is 2. The molecule has 1 aliphatic rings. The molecular formula is C13H16BrClN2O. The monoisotopic (exact) mass is 330 g/mol. The Kier molecular flexibility index (Phi) is 6.48. The molecule has 3 nitrogen and oxygen atoms in total. The van der Waals surface area contributed by atoms with Gasteiger partial charge in [0, 0.05) is 4.47 Å². The molecule has 1 aromatic carbocycles. The van der Waals surface area contributed by atoms with Gasteiger partial charge in [-0.2, -0.15) is 5.26 Å². The van der Waals surface area contributed by atoms with Crippen LogP contribution in [0.2, 0.25) is 0 Å². The molecule has 5 heteroatoms. The van der Waals surface area contributed by atoms with E-state index in [1.807, 2.05) is 12.1 Å². The van der Waals surface area contributed by atoms with Gasteiger partial charge in [-0.05, 0) is 66.0 Å². The molecule has 1 saturated heterocycles. The molecule has 1 fully saturated rings. The third-order valence-electron chi connectivity index (χ3n) is 3.00. The van der Waals surface area contributed by atoms with Crippen molar-refractivity contribution < 1.29 is 4.74 Å². The van der Waals surface area contributed by atoms with Crippen molar-refractivity contribution in [1.29, 1.82) is 5.26 Å². The molecular weight excluding hydrogens is 316 g/mol. The molecule has 18 heavy (non-hydrogen) atoms. The molecule has 1 aliphatic heterocycles. The molecule has 1 heterocycles. The average Bonchev–Trinajstić information content (AvgIpc) is 2.39. The van der Waals surface area contributed by atoms with Crippen LogP contribution in [-0.4, -0.2) is 19.7 Å². The number of nitrogens with one attached hydrogen (secondary N) is 1. The molecule has 0 radical (unpaired) electrons. The molecule has 0 aliphatic carbocycles. The Bertz CT molecular complexity index is 427. The number of piperidine rings is 1. The summed E-state index contributed by atoms with van der Waals surface area (Å²) in [5.74, 6) is 1.41. The second kappa shape index (κ2) is 7.63. The number of hydrogen-bond acceptors (Lipinski definition) is 3. The lowest BCUT2D eigenvalue weighted by Crippen LogP contribution is -2.30. The number of nitriles is 1. The summed E-state index contributed by atoms with van der Waals surface area (Å²) >= 11 is 3.33. The molecule has 0 saturated carbocycles. The van der Waals surface area contributed by atoms with Gasteiger partial charge >= 0.3 is 0 Å². The minimum atomic E-state index is 0. The van der Waals surface area contributed by atoms with E-state index in [4.69, 9.17) is 10.00 Å². The van der Waals surface area contributed by atoms with Crippen LogP contribution in [-0.2, 0) is 0 Å². The molecule has 0 atom stereocenters. The van der Waals surface area contributed by atoms with Crippen LogP contribution in [0.5, 0.6) is 5.75 Å². The molecule has 1 aromatic rings. The molecule has 0 bridgehead atoms. The summed E-state index contributed by atoms with van der Waals surface area (Å²) in [6.45, 7) is 2.91. The zero-order chi connectivity index (χ0) is 12.1. The maximum absolute atomic E-state index is 8.92. The van der Waals surface area contributed by atoms with Gasteiger partial charge in [-0.25, -0.2) is 0 Å². The normalized spacial score (nSPS) is 15.6. The van der Waals surface area contributed by atoms with E-state index < -0.39 is 0 Å². The smallest absolute Gasteiger partial charge is 0.120 e. The highest BCUT2D eigenvalue weighted by Gasteiger charge is 2.13.